The number of nitrogens with zero attached hydrogens (tertiary/aromatic N) is 2. The molecule has 9 nitrogen and oxygen atoms in total. The van der Waals surface area contributed by atoms with E-state index in [2.05, 4.69) is 15.4 Å². The summed E-state index contributed by atoms with van der Waals surface area (Å²) in [7, 11) is 1.39. The molecule has 0 spiro atoms. The first-order valence-corrected chi connectivity index (χ1v) is 16.2. The lowest BCUT2D eigenvalue weighted by molar-refractivity contribution is -0.140. The molecular formula is C33H44N4O5S. The van der Waals surface area contributed by atoms with E-state index in [1.165, 1.54) is 7.11 Å². The van der Waals surface area contributed by atoms with Crippen LogP contribution < -0.4 is 15.5 Å². The van der Waals surface area contributed by atoms with E-state index >= 15 is 0 Å². The van der Waals surface area contributed by atoms with Gasteiger partial charge in [0.1, 0.15) is 12.2 Å². The van der Waals surface area contributed by atoms with Crippen molar-refractivity contribution in [2.75, 3.05) is 31.6 Å². The fourth-order valence-electron chi connectivity index (χ4n) is 5.84. The van der Waals surface area contributed by atoms with E-state index in [1.807, 2.05) is 60.2 Å². The zero-order valence-electron chi connectivity index (χ0n) is 25.5. The number of methoxy groups -OCH3 is 1. The molecule has 1 aliphatic rings. The minimum absolute atomic E-state index is 0.00645. The zero-order valence-corrected chi connectivity index (χ0v) is 26.3. The number of anilines is 1. The molecular weight excluding hydrogens is 564 g/mol. The minimum Gasteiger partial charge on any atom is -0.469 e. The number of esters is 1. The summed E-state index contributed by atoms with van der Waals surface area (Å²) in [5, 5.41) is 8.13. The number of aryl methyl sites for hydroxylation is 1. The van der Waals surface area contributed by atoms with Crippen LogP contribution in [0.2, 0.25) is 0 Å². The topological polar surface area (TPSA) is 110 Å². The Bertz CT molecular complexity index is 1410. The lowest BCUT2D eigenvalue weighted by Gasteiger charge is -2.28. The number of nitrogens with one attached hydrogen (secondary N) is 2. The summed E-state index contributed by atoms with van der Waals surface area (Å²) in [5.74, 6) is -0.0188. The van der Waals surface area contributed by atoms with Gasteiger partial charge in [0.25, 0.3) is 5.91 Å². The molecule has 3 amide bonds. The van der Waals surface area contributed by atoms with Gasteiger partial charge < -0.3 is 24.8 Å². The molecule has 0 radical (unpaired) electrons. The highest BCUT2D eigenvalue weighted by atomic mass is 32.1. The van der Waals surface area contributed by atoms with Crippen molar-refractivity contribution >= 4 is 50.9 Å². The number of unbranched alkanes of at least 4 members (excludes halogenated alkanes) is 2. The number of fused-ring (bicyclic) bond motifs is 1. The maximum Gasteiger partial charge on any atom is 0.305 e. The molecule has 2 N–H and O–H groups in total. The van der Waals surface area contributed by atoms with Crippen LogP contribution >= 0.6 is 11.3 Å². The van der Waals surface area contributed by atoms with Crippen molar-refractivity contribution in [3.8, 4) is 0 Å². The Balaban J connectivity index is 1.26. The molecule has 3 aromatic rings. The summed E-state index contributed by atoms with van der Waals surface area (Å²) in [6.45, 7) is 5.75. The van der Waals surface area contributed by atoms with E-state index in [9.17, 15) is 19.2 Å². The number of benzene rings is 1. The second kappa shape index (κ2) is 15.7. The van der Waals surface area contributed by atoms with E-state index in [0.29, 0.717) is 37.7 Å². The fourth-order valence-corrected chi connectivity index (χ4v) is 6.66. The Kier molecular flexibility index (Phi) is 11.8. The third kappa shape index (κ3) is 8.69. The van der Waals surface area contributed by atoms with Gasteiger partial charge in [-0.25, -0.2) is 0 Å². The Morgan fingerprint density at radius 3 is 2.53 bits per heavy atom. The van der Waals surface area contributed by atoms with Gasteiger partial charge in [0.15, 0.2) is 0 Å². The predicted octanol–water partition coefficient (Wildman–Crippen LogP) is 5.45. The largest absolute Gasteiger partial charge is 0.469 e. The Labute approximate surface area is 258 Å². The maximum absolute atomic E-state index is 13.5. The SMILES string of the molecule is CCN(C(=O)Cn1c(C(=O)NC[C@H]2CC[C@H](C(=O)NCCCCCC(=O)OC)CC2)cc2sccc21)c1cccc(C)c1. The first-order valence-electron chi connectivity index (χ1n) is 15.4. The molecule has 43 heavy (non-hydrogen) atoms. The van der Waals surface area contributed by atoms with Crippen LogP contribution in [0.5, 0.6) is 0 Å². The third-order valence-corrected chi connectivity index (χ3v) is 9.19. The molecule has 0 unspecified atom stereocenters. The molecule has 0 bridgehead atoms. The quantitative estimate of drug-likeness (QED) is 0.187. The van der Waals surface area contributed by atoms with Crippen LogP contribution in [0.4, 0.5) is 5.69 Å². The van der Waals surface area contributed by atoms with Crippen molar-refractivity contribution in [2.45, 2.75) is 71.8 Å². The number of hydrogen-bond donors (Lipinski definition) is 2. The molecule has 1 saturated carbocycles. The number of carbonyl (C=O) groups is 4. The number of thiophene rings is 1. The van der Waals surface area contributed by atoms with Gasteiger partial charge in [-0.1, -0.05) is 18.6 Å². The number of carbonyl (C=O) groups excluding carboxylic acids is 4. The zero-order chi connectivity index (χ0) is 30.8. The van der Waals surface area contributed by atoms with Gasteiger partial charge in [0, 0.05) is 37.7 Å². The van der Waals surface area contributed by atoms with Gasteiger partial charge >= 0.3 is 5.97 Å². The van der Waals surface area contributed by atoms with E-state index in [4.69, 9.17) is 0 Å². The second-order valence-electron chi connectivity index (χ2n) is 11.4. The van der Waals surface area contributed by atoms with Crippen molar-refractivity contribution in [1.29, 1.82) is 0 Å². The summed E-state index contributed by atoms with van der Waals surface area (Å²) in [6.07, 6.45) is 6.28. The first-order chi connectivity index (χ1) is 20.8. The molecule has 2 heterocycles. The van der Waals surface area contributed by atoms with Gasteiger partial charge in [-0.15, -0.1) is 11.3 Å². The summed E-state index contributed by atoms with van der Waals surface area (Å²) >= 11 is 1.56. The Morgan fingerprint density at radius 2 is 1.81 bits per heavy atom. The van der Waals surface area contributed by atoms with Crippen molar-refractivity contribution in [2.24, 2.45) is 11.8 Å². The third-order valence-electron chi connectivity index (χ3n) is 8.33. The summed E-state index contributed by atoms with van der Waals surface area (Å²) < 4.78 is 7.46. The predicted molar refractivity (Wildman–Crippen MR) is 170 cm³/mol. The van der Waals surface area contributed by atoms with E-state index in [0.717, 1.165) is 66.4 Å². The van der Waals surface area contributed by atoms with E-state index < -0.39 is 0 Å². The smallest absolute Gasteiger partial charge is 0.305 e. The number of aromatic nitrogens is 1. The number of rotatable bonds is 14. The number of ether oxygens (including phenoxy) is 1. The molecule has 2 aromatic heterocycles. The minimum atomic E-state index is -0.196. The maximum atomic E-state index is 13.5. The number of hydrogen-bond acceptors (Lipinski definition) is 6. The average molecular weight is 609 g/mol. The van der Waals surface area contributed by atoms with Crippen LogP contribution in [0.1, 0.15) is 74.3 Å². The molecule has 1 aliphatic carbocycles. The normalized spacial score (nSPS) is 16.5. The molecule has 1 aromatic carbocycles. The Hall–Kier alpha value is -3.66. The van der Waals surface area contributed by atoms with Gasteiger partial charge in [-0.2, -0.15) is 0 Å². The second-order valence-corrected chi connectivity index (χ2v) is 12.3. The summed E-state index contributed by atoms with van der Waals surface area (Å²) in [5.41, 5.74) is 3.32. The average Bonchev–Trinajstić information content (AvgIpc) is 3.60. The molecule has 0 saturated heterocycles. The standard InChI is InChI=1S/C33H44N4O5S/c1-4-36(26-10-8-9-23(2)19-26)30(38)22-37-27-16-18-43-29(27)20-28(37)33(41)35-21-24-12-14-25(15-13-24)32(40)34-17-7-5-6-11-31(39)42-3/h8-10,16,18-20,24-25H,4-7,11-15,17,21-22H2,1-3H3,(H,34,40)(H,35,41)/t24-,25-. The van der Waals surface area contributed by atoms with Crippen molar-refractivity contribution < 1.29 is 23.9 Å². The highest BCUT2D eigenvalue weighted by Gasteiger charge is 2.27. The van der Waals surface area contributed by atoms with E-state index in [-0.39, 0.29) is 36.2 Å². The first kappa shape index (κ1) is 32.3. The molecule has 232 valence electrons. The monoisotopic (exact) mass is 608 g/mol. The van der Waals surface area contributed by atoms with Crippen LogP contribution in [-0.2, 0) is 25.7 Å². The van der Waals surface area contributed by atoms with Crippen LogP contribution in [-0.4, -0.2) is 55.0 Å². The summed E-state index contributed by atoms with van der Waals surface area (Å²) in [4.78, 5) is 52.4. The summed E-state index contributed by atoms with van der Waals surface area (Å²) in [6, 6.07) is 11.7. The van der Waals surface area contributed by atoms with Gasteiger partial charge in [-0.3, -0.25) is 19.2 Å². The molecule has 1 fully saturated rings. The van der Waals surface area contributed by atoms with E-state index in [1.54, 1.807) is 16.2 Å². The van der Waals surface area contributed by atoms with Crippen LogP contribution in [0.15, 0.2) is 41.8 Å². The highest BCUT2D eigenvalue weighted by Crippen LogP contribution is 2.29. The fraction of sp³-hybridized carbons (Fsp3) is 0.515. The van der Waals surface area contributed by atoms with Crippen molar-refractivity contribution in [1.82, 2.24) is 15.2 Å². The van der Waals surface area contributed by atoms with Crippen LogP contribution in [0.3, 0.4) is 0 Å². The van der Waals surface area contributed by atoms with Gasteiger partial charge in [0.2, 0.25) is 11.8 Å². The number of amides is 3. The molecule has 10 heteroatoms. The van der Waals surface area contributed by atoms with Gasteiger partial charge in [0.05, 0.1) is 17.3 Å². The van der Waals surface area contributed by atoms with Gasteiger partial charge in [-0.05, 0) is 93.5 Å². The lowest BCUT2D eigenvalue weighted by Crippen LogP contribution is -2.37. The van der Waals surface area contributed by atoms with Crippen LogP contribution in [0, 0.1) is 18.8 Å². The van der Waals surface area contributed by atoms with Crippen molar-refractivity contribution in [3.05, 3.63) is 53.0 Å². The highest BCUT2D eigenvalue weighted by molar-refractivity contribution is 7.17. The number of likely N-dealkylation sites (N-methyl/N-ethyl adjacent to an activating group) is 1. The molecule has 4 rings (SSSR count). The Morgan fingerprint density at radius 1 is 1.02 bits per heavy atom. The van der Waals surface area contributed by atoms with Crippen LogP contribution in [0.25, 0.3) is 10.2 Å². The van der Waals surface area contributed by atoms with Crippen molar-refractivity contribution in [3.63, 3.8) is 0 Å². The molecule has 0 aliphatic heterocycles. The lowest BCUT2D eigenvalue weighted by atomic mass is 9.81. The molecule has 0 atom stereocenters.